The Bertz CT molecular complexity index is 182. The van der Waals surface area contributed by atoms with E-state index in [4.69, 9.17) is 0 Å². The standard InChI is InChI=1S/C12H24O2S/c1-4-6-7-8-9-12(3,11(13)14)15-10-5-2/h4-10H2,1-3H3,(H,13,14). The van der Waals surface area contributed by atoms with Gasteiger partial charge in [0.15, 0.2) is 0 Å². The Balaban J connectivity index is 3.96. The van der Waals surface area contributed by atoms with Crippen molar-refractivity contribution in [3.8, 4) is 0 Å². The molecule has 0 aromatic carbocycles. The van der Waals surface area contributed by atoms with Gasteiger partial charge >= 0.3 is 5.97 Å². The highest BCUT2D eigenvalue weighted by Gasteiger charge is 2.32. The summed E-state index contributed by atoms with van der Waals surface area (Å²) in [5.74, 6) is 0.286. The number of carbonyl (C=O) groups is 1. The number of aliphatic carboxylic acids is 1. The van der Waals surface area contributed by atoms with Crippen LogP contribution in [0.15, 0.2) is 0 Å². The Hall–Kier alpha value is -0.180. The summed E-state index contributed by atoms with van der Waals surface area (Å²) >= 11 is 1.59. The van der Waals surface area contributed by atoms with Crippen LogP contribution in [0.4, 0.5) is 0 Å². The molecule has 0 radical (unpaired) electrons. The van der Waals surface area contributed by atoms with E-state index in [0.717, 1.165) is 31.4 Å². The van der Waals surface area contributed by atoms with Crippen LogP contribution in [0.25, 0.3) is 0 Å². The molecule has 0 rings (SSSR count). The Kier molecular flexibility index (Phi) is 7.93. The maximum Gasteiger partial charge on any atom is 0.319 e. The van der Waals surface area contributed by atoms with Gasteiger partial charge in [0.25, 0.3) is 0 Å². The molecule has 0 saturated heterocycles. The SMILES string of the molecule is CCCCCCC(C)(SCCC)C(=O)O. The van der Waals surface area contributed by atoms with Crippen molar-refractivity contribution in [1.29, 1.82) is 0 Å². The average molecular weight is 232 g/mol. The Morgan fingerprint density at radius 2 is 1.87 bits per heavy atom. The quantitative estimate of drug-likeness (QED) is 0.612. The van der Waals surface area contributed by atoms with Crippen LogP contribution in [0.5, 0.6) is 0 Å². The second kappa shape index (κ2) is 8.03. The predicted octanol–water partition coefficient (Wildman–Crippen LogP) is 3.94. The highest BCUT2D eigenvalue weighted by molar-refractivity contribution is 8.01. The van der Waals surface area contributed by atoms with Crippen molar-refractivity contribution in [2.45, 2.75) is 64.0 Å². The third-order valence-electron chi connectivity index (χ3n) is 2.58. The summed E-state index contributed by atoms with van der Waals surface area (Å²) in [6.07, 6.45) is 6.45. The summed E-state index contributed by atoms with van der Waals surface area (Å²) in [5.41, 5.74) is 0. The van der Waals surface area contributed by atoms with E-state index in [-0.39, 0.29) is 0 Å². The number of unbranched alkanes of at least 4 members (excludes halogenated alkanes) is 3. The first-order chi connectivity index (χ1) is 7.06. The molecule has 0 heterocycles. The number of rotatable bonds is 9. The molecule has 0 aromatic heterocycles. The first kappa shape index (κ1) is 14.8. The zero-order valence-corrected chi connectivity index (χ0v) is 11.0. The minimum atomic E-state index is -0.655. The largest absolute Gasteiger partial charge is 0.480 e. The molecule has 3 heteroatoms. The molecule has 0 spiro atoms. The molecule has 1 atom stereocenters. The van der Waals surface area contributed by atoms with E-state index in [9.17, 15) is 9.90 Å². The summed E-state index contributed by atoms with van der Waals surface area (Å²) in [5, 5.41) is 9.19. The monoisotopic (exact) mass is 232 g/mol. The fourth-order valence-electron chi connectivity index (χ4n) is 1.46. The van der Waals surface area contributed by atoms with Gasteiger partial charge in [-0.05, 0) is 25.5 Å². The van der Waals surface area contributed by atoms with Crippen LogP contribution in [0.2, 0.25) is 0 Å². The zero-order chi connectivity index (χ0) is 11.7. The number of carboxylic acid groups (broad SMARTS) is 1. The van der Waals surface area contributed by atoms with Gasteiger partial charge in [-0.25, -0.2) is 0 Å². The van der Waals surface area contributed by atoms with Gasteiger partial charge in [0.2, 0.25) is 0 Å². The summed E-state index contributed by atoms with van der Waals surface area (Å²) < 4.78 is -0.566. The van der Waals surface area contributed by atoms with Gasteiger partial charge in [0.1, 0.15) is 4.75 Å². The fraction of sp³-hybridized carbons (Fsp3) is 0.917. The van der Waals surface area contributed by atoms with E-state index in [1.807, 2.05) is 6.92 Å². The van der Waals surface area contributed by atoms with Crippen LogP contribution < -0.4 is 0 Å². The molecule has 90 valence electrons. The molecule has 0 aromatic rings. The zero-order valence-electron chi connectivity index (χ0n) is 10.2. The van der Waals surface area contributed by atoms with Gasteiger partial charge in [-0.3, -0.25) is 4.79 Å². The smallest absolute Gasteiger partial charge is 0.319 e. The highest BCUT2D eigenvalue weighted by atomic mass is 32.2. The fourth-order valence-corrected chi connectivity index (χ4v) is 2.52. The van der Waals surface area contributed by atoms with E-state index in [0.29, 0.717) is 0 Å². The van der Waals surface area contributed by atoms with Crippen molar-refractivity contribution in [3.05, 3.63) is 0 Å². The molecule has 0 amide bonds. The van der Waals surface area contributed by atoms with E-state index in [2.05, 4.69) is 13.8 Å². The van der Waals surface area contributed by atoms with Gasteiger partial charge in [-0.1, -0.05) is 39.5 Å². The maximum absolute atomic E-state index is 11.2. The molecular weight excluding hydrogens is 208 g/mol. The number of hydrogen-bond donors (Lipinski definition) is 1. The van der Waals surface area contributed by atoms with Crippen LogP contribution in [-0.4, -0.2) is 21.6 Å². The predicted molar refractivity (Wildman–Crippen MR) is 67.5 cm³/mol. The lowest BCUT2D eigenvalue weighted by Crippen LogP contribution is -2.31. The number of thioether (sulfide) groups is 1. The molecule has 1 unspecified atom stereocenters. The van der Waals surface area contributed by atoms with Crippen LogP contribution in [0, 0.1) is 0 Å². The van der Waals surface area contributed by atoms with Gasteiger partial charge in [0.05, 0.1) is 0 Å². The first-order valence-corrected chi connectivity index (χ1v) is 6.92. The molecule has 1 N–H and O–H groups in total. The topological polar surface area (TPSA) is 37.3 Å². The van der Waals surface area contributed by atoms with Crippen LogP contribution in [0.3, 0.4) is 0 Å². The lowest BCUT2D eigenvalue weighted by Gasteiger charge is -2.23. The number of carboxylic acids is 1. The molecule has 0 bridgehead atoms. The third kappa shape index (κ3) is 6.08. The maximum atomic E-state index is 11.2. The lowest BCUT2D eigenvalue weighted by molar-refractivity contribution is -0.139. The summed E-state index contributed by atoms with van der Waals surface area (Å²) in [6.45, 7) is 6.12. The van der Waals surface area contributed by atoms with Crippen molar-refractivity contribution < 1.29 is 9.90 Å². The van der Waals surface area contributed by atoms with E-state index < -0.39 is 10.7 Å². The highest BCUT2D eigenvalue weighted by Crippen LogP contribution is 2.31. The van der Waals surface area contributed by atoms with Gasteiger partial charge in [0, 0.05) is 0 Å². The summed E-state index contributed by atoms with van der Waals surface area (Å²) in [6, 6.07) is 0. The normalized spacial score (nSPS) is 14.9. The Morgan fingerprint density at radius 1 is 1.20 bits per heavy atom. The van der Waals surface area contributed by atoms with Crippen LogP contribution in [0.1, 0.15) is 59.3 Å². The Labute approximate surface area is 97.8 Å². The van der Waals surface area contributed by atoms with Gasteiger partial charge in [-0.2, -0.15) is 0 Å². The van der Waals surface area contributed by atoms with E-state index in [1.165, 1.54) is 12.8 Å². The number of hydrogen-bond acceptors (Lipinski definition) is 2. The van der Waals surface area contributed by atoms with Crippen LogP contribution in [-0.2, 0) is 4.79 Å². The molecule has 0 fully saturated rings. The summed E-state index contributed by atoms with van der Waals surface area (Å²) in [7, 11) is 0. The van der Waals surface area contributed by atoms with Crippen LogP contribution >= 0.6 is 11.8 Å². The van der Waals surface area contributed by atoms with Crippen molar-refractivity contribution in [3.63, 3.8) is 0 Å². The van der Waals surface area contributed by atoms with E-state index in [1.54, 1.807) is 11.8 Å². The molecule has 0 aliphatic carbocycles. The first-order valence-electron chi connectivity index (χ1n) is 5.94. The Morgan fingerprint density at radius 3 is 2.33 bits per heavy atom. The lowest BCUT2D eigenvalue weighted by atomic mass is 10.0. The minimum absolute atomic E-state index is 0.566. The van der Waals surface area contributed by atoms with Crippen molar-refractivity contribution in [2.24, 2.45) is 0 Å². The van der Waals surface area contributed by atoms with Crippen molar-refractivity contribution >= 4 is 17.7 Å². The molecular formula is C12H24O2S. The molecule has 0 aliphatic rings. The molecule has 15 heavy (non-hydrogen) atoms. The van der Waals surface area contributed by atoms with Crippen molar-refractivity contribution in [2.75, 3.05) is 5.75 Å². The molecule has 2 nitrogen and oxygen atoms in total. The third-order valence-corrected chi connectivity index (χ3v) is 4.21. The molecule has 0 saturated carbocycles. The second-order valence-electron chi connectivity index (χ2n) is 4.20. The van der Waals surface area contributed by atoms with E-state index >= 15 is 0 Å². The minimum Gasteiger partial charge on any atom is -0.480 e. The summed E-state index contributed by atoms with van der Waals surface area (Å²) in [4.78, 5) is 11.2. The van der Waals surface area contributed by atoms with Gasteiger partial charge < -0.3 is 5.11 Å². The average Bonchev–Trinajstić information content (AvgIpc) is 2.21. The second-order valence-corrected chi connectivity index (χ2v) is 5.79. The molecule has 0 aliphatic heterocycles. The van der Waals surface area contributed by atoms with Crippen molar-refractivity contribution in [1.82, 2.24) is 0 Å². The van der Waals surface area contributed by atoms with Gasteiger partial charge in [-0.15, -0.1) is 11.8 Å².